The molecular weight excluding hydrogens is 264 g/mol. The number of carbonyl (C=O) groups excluding carboxylic acids is 1. The van der Waals surface area contributed by atoms with Crippen molar-refractivity contribution in [2.45, 2.75) is 58.9 Å². The van der Waals surface area contributed by atoms with Gasteiger partial charge >= 0.3 is 5.97 Å². The Morgan fingerprint density at radius 1 is 1.29 bits per heavy atom. The van der Waals surface area contributed by atoms with Gasteiger partial charge < -0.3 is 15.0 Å². The van der Waals surface area contributed by atoms with Gasteiger partial charge in [-0.05, 0) is 65.0 Å². The fourth-order valence-electron chi connectivity index (χ4n) is 3.41. The third-order valence-electron chi connectivity index (χ3n) is 4.62. The number of piperidine rings is 1. The van der Waals surface area contributed by atoms with Gasteiger partial charge in [-0.25, -0.2) is 0 Å². The molecule has 4 heteroatoms. The van der Waals surface area contributed by atoms with E-state index in [0.717, 1.165) is 37.6 Å². The maximum atomic E-state index is 12.0. The summed E-state index contributed by atoms with van der Waals surface area (Å²) in [4.78, 5) is 14.6. The number of rotatable bonds is 8. The molecule has 124 valence electrons. The van der Waals surface area contributed by atoms with Crippen LogP contribution in [0.25, 0.3) is 0 Å². The van der Waals surface area contributed by atoms with Crippen LogP contribution in [0.1, 0.15) is 53.4 Å². The molecule has 0 bridgehead atoms. The number of likely N-dealkylation sites (N-methyl/N-ethyl adjacent to an activating group) is 1. The largest absolute Gasteiger partial charge is 0.465 e. The second-order valence-electron chi connectivity index (χ2n) is 6.97. The van der Waals surface area contributed by atoms with Gasteiger partial charge in [-0.15, -0.1) is 0 Å². The van der Waals surface area contributed by atoms with Crippen molar-refractivity contribution in [1.82, 2.24) is 10.2 Å². The van der Waals surface area contributed by atoms with E-state index in [1.54, 1.807) is 0 Å². The molecule has 1 saturated heterocycles. The van der Waals surface area contributed by atoms with Gasteiger partial charge in [0.2, 0.25) is 0 Å². The first kappa shape index (κ1) is 18.4. The maximum Gasteiger partial charge on any atom is 0.326 e. The van der Waals surface area contributed by atoms with Crippen LogP contribution in [0, 0.1) is 11.8 Å². The summed E-state index contributed by atoms with van der Waals surface area (Å²) in [6.07, 6.45) is 4.39. The standard InChI is InChI=1S/C17H34N2O2/c1-6-21-16(20)17(4,18-5)9-7-8-10-19-12-14(2)11-15(3)13-19/h14-15,18H,6-13H2,1-5H3. The number of nitrogens with one attached hydrogen (secondary N) is 1. The van der Waals surface area contributed by atoms with E-state index in [9.17, 15) is 4.79 Å². The predicted octanol–water partition coefficient (Wildman–Crippen LogP) is 2.68. The molecule has 4 nitrogen and oxygen atoms in total. The van der Waals surface area contributed by atoms with Crippen LogP contribution in [0.2, 0.25) is 0 Å². The zero-order valence-electron chi connectivity index (χ0n) is 14.6. The van der Waals surface area contributed by atoms with E-state index in [4.69, 9.17) is 4.74 Å². The number of unbranched alkanes of at least 4 members (excludes halogenated alkanes) is 1. The zero-order chi connectivity index (χ0) is 15.9. The van der Waals surface area contributed by atoms with Crippen molar-refractivity contribution in [3.63, 3.8) is 0 Å². The van der Waals surface area contributed by atoms with E-state index < -0.39 is 5.54 Å². The number of nitrogens with zero attached hydrogens (tertiary/aromatic N) is 1. The number of hydrogen-bond acceptors (Lipinski definition) is 4. The molecule has 1 aliphatic rings. The Hall–Kier alpha value is -0.610. The highest BCUT2D eigenvalue weighted by atomic mass is 16.5. The average Bonchev–Trinajstić information content (AvgIpc) is 2.42. The molecule has 0 spiro atoms. The van der Waals surface area contributed by atoms with Gasteiger partial charge in [0.05, 0.1) is 6.61 Å². The number of likely N-dealkylation sites (tertiary alicyclic amines) is 1. The van der Waals surface area contributed by atoms with Crippen LogP contribution in [0.15, 0.2) is 0 Å². The van der Waals surface area contributed by atoms with Crippen molar-refractivity contribution in [3.8, 4) is 0 Å². The van der Waals surface area contributed by atoms with Crippen LogP contribution in [-0.2, 0) is 9.53 Å². The molecule has 0 aromatic rings. The van der Waals surface area contributed by atoms with Crippen LogP contribution in [0.3, 0.4) is 0 Å². The van der Waals surface area contributed by atoms with E-state index in [2.05, 4.69) is 24.1 Å². The molecular formula is C17H34N2O2. The molecule has 0 aromatic carbocycles. The van der Waals surface area contributed by atoms with E-state index in [1.165, 1.54) is 19.5 Å². The zero-order valence-corrected chi connectivity index (χ0v) is 14.6. The molecule has 0 aliphatic carbocycles. The molecule has 1 N–H and O–H groups in total. The highest BCUT2D eigenvalue weighted by Crippen LogP contribution is 2.22. The van der Waals surface area contributed by atoms with Gasteiger partial charge in [-0.1, -0.05) is 13.8 Å². The van der Waals surface area contributed by atoms with Crippen LogP contribution in [0.5, 0.6) is 0 Å². The summed E-state index contributed by atoms with van der Waals surface area (Å²) in [7, 11) is 1.84. The van der Waals surface area contributed by atoms with Gasteiger partial charge in [-0.3, -0.25) is 4.79 Å². The van der Waals surface area contributed by atoms with Gasteiger partial charge in [0.25, 0.3) is 0 Å². The Bertz CT molecular complexity index is 312. The Morgan fingerprint density at radius 3 is 2.43 bits per heavy atom. The molecule has 3 unspecified atom stereocenters. The van der Waals surface area contributed by atoms with Gasteiger partial charge in [-0.2, -0.15) is 0 Å². The lowest BCUT2D eigenvalue weighted by molar-refractivity contribution is -0.150. The van der Waals surface area contributed by atoms with Crippen molar-refractivity contribution in [2.75, 3.05) is 33.3 Å². The second-order valence-corrected chi connectivity index (χ2v) is 6.97. The molecule has 0 radical (unpaired) electrons. The third-order valence-corrected chi connectivity index (χ3v) is 4.62. The summed E-state index contributed by atoms with van der Waals surface area (Å²) < 4.78 is 5.16. The van der Waals surface area contributed by atoms with Crippen molar-refractivity contribution < 1.29 is 9.53 Å². The fraction of sp³-hybridized carbons (Fsp3) is 0.941. The summed E-state index contributed by atoms with van der Waals surface area (Å²) in [6.45, 7) is 12.5. The minimum absolute atomic E-state index is 0.132. The summed E-state index contributed by atoms with van der Waals surface area (Å²) in [6, 6.07) is 0. The molecule has 1 fully saturated rings. The Balaban J connectivity index is 2.30. The van der Waals surface area contributed by atoms with Gasteiger partial charge in [0.1, 0.15) is 5.54 Å². The molecule has 0 amide bonds. The Kier molecular flexibility index (Phi) is 7.67. The quantitative estimate of drug-likeness (QED) is 0.552. The molecule has 0 saturated carbocycles. The normalized spacial score (nSPS) is 26.3. The lowest BCUT2D eigenvalue weighted by Gasteiger charge is -2.35. The van der Waals surface area contributed by atoms with Gasteiger partial charge in [0, 0.05) is 13.1 Å². The van der Waals surface area contributed by atoms with Crippen LogP contribution >= 0.6 is 0 Å². The minimum Gasteiger partial charge on any atom is -0.465 e. The van der Waals surface area contributed by atoms with Gasteiger partial charge in [0.15, 0.2) is 0 Å². The molecule has 21 heavy (non-hydrogen) atoms. The Labute approximate surface area is 130 Å². The SMILES string of the molecule is CCOC(=O)C(C)(CCCCN1CC(C)CC(C)C1)NC. The fourth-order valence-corrected chi connectivity index (χ4v) is 3.41. The van der Waals surface area contributed by atoms with E-state index in [0.29, 0.717) is 6.61 Å². The molecule has 0 aromatic heterocycles. The van der Waals surface area contributed by atoms with E-state index in [-0.39, 0.29) is 5.97 Å². The molecule has 3 atom stereocenters. The lowest BCUT2D eigenvalue weighted by atomic mass is 9.91. The summed E-state index contributed by atoms with van der Waals surface area (Å²) >= 11 is 0. The maximum absolute atomic E-state index is 12.0. The second kappa shape index (κ2) is 8.74. The smallest absolute Gasteiger partial charge is 0.326 e. The first-order valence-electron chi connectivity index (χ1n) is 8.49. The highest BCUT2D eigenvalue weighted by Gasteiger charge is 2.32. The molecule has 1 aliphatic heterocycles. The topological polar surface area (TPSA) is 41.6 Å². The van der Waals surface area contributed by atoms with Crippen molar-refractivity contribution in [1.29, 1.82) is 0 Å². The highest BCUT2D eigenvalue weighted by molar-refractivity contribution is 5.80. The lowest BCUT2D eigenvalue weighted by Crippen LogP contribution is -2.48. The van der Waals surface area contributed by atoms with Crippen molar-refractivity contribution in [3.05, 3.63) is 0 Å². The summed E-state index contributed by atoms with van der Waals surface area (Å²) in [5, 5.41) is 3.13. The molecule has 1 rings (SSSR count). The first-order chi connectivity index (χ1) is 9.91. The van der Waals surface area contributed by atoms with Crippen LogP contribution < -0.4 is 5.32 Å². The van der Waals surface area contributed by atoms with Crippen LogP contribution in [-0.4, -0.2) is 49.7 Å². The third kappa shape index (κ3) is 5.95. The predicted molar refractivity (Wildman–Crippen MR) is 87.3 cm³/mol. The number of ether oxygens (including phenoxy) is 1. The van der Waals surface area contributed by atoms with E-state index in [1.807, 2.05) is 20.9 Å². The molecule has 1 heterocycles. The van der Waals surface area contributed by atoms with Crippen LogP contribution in [0.4, 0.5) is 0 Å². The Morgan fingerprint density at radius 2 is 1.90 bits per heavy atom. The van der Waals surface area contributed by atoms with Crippen molar-refractivity contribution in [2.24, 2.45) is 11.8 Å². The number of carbonyl (C=O) groups is 1. The summed E-state index contributed by atoms with van der Waals surface area (Å²) in [5.41, 5.74) is -0.543. The minimum atomic E-state index is -0.543. The summed E-state index contributed by atoms with van der Waals surface area (Å²) in [5.74, 6) is 1.50. The first-order valence-corrected chi connectivity index (χ1v) is 8.49. The average molecular weight is 298 g/mol. The van der Waals surface area contributed by atoms with Crippen molar-refractivity contribution >= 4 is 5.97 Å². The monoisotopic (exact) mass is 298 g/mol. The number of esters is 1. The van der Waals surface area contributed by atoms with E-state index >= 15 is 0 Å². The number of hydrogen-bond donors (Lipinski definition) is 1.